The molecule has 0 aromatic heterocycles. The van der Waals surface area contributed by atoms with Gasteiger partial charge in [-0.3, -0.25) is 9.59 Å². The molecular formula is C20H29N3O6. The molecule has 0 aliphatic rings. The van der Waals surface area contributed by atoms with Crippen LogP contribution in [-0.2, 0) is 25.7 Å². The minimum Gasteiger partial charge on any atom is -0.461 e. The average molecular weight is 407 g/mol. The van der Waals surface area contributed by atoms with Crippen molar-refractivity contribution in [2.45, 2.75) is 52.7 Å². The molecule has 29 heavy (non-hydrogen) atoms. The summed E-state index contributed by atoms with van der Waals surface area (Å²) in [5.41, 5.74) is 5.77. The van der Waals surface area contributed by atoms with E-state index < -0.39 is 18.0 Å². The van der Waals surface area contributed by atoms with Crippen molar-refractivity contribution in [2.24, 2.45) is 11.7 Å². The van der Waals surface area contributed by atoms with Crippen molar-refractivity contribution < 1.29 is 28.7 Å². The number of urea groups is 1. The van der Waals surface area contributed by atoms with Crippen LogP contribution in [0.1, 0.15) is 45.6 Å². The molecule has 0 aliphatic carbocycles. The Morgan fingerprint density at radius 2 is 1.76 bits per heavy atom. The van der Waals surface area contributed by atoms with Gasteiger partial charge in [-0.2, -0.15) is 0 Å². The molecule has 0 bridgehead atoms. The molecule has 0 aliphatic heterocycles. The van der Waals surface area contributed by atoms with E-state index in [1.165, 1.54) is 6.92 Å². The summed E-state index contributed by atoms with van der Waals surface area (Å²) >= 11 is 0. The number of hydrogen-bond donors (Lipinski definition) is 3. The Kier molecular flexibility index (Phi) is 10.2. The lowest BCUT2D eigenvalue weighted by Crippen LogP contribution is -2.44. The lowest BCUT2D eigenvalue weighted by molar-refractivity contribution is -0.142. The molecule has 0 saturated carbocycles. The molecule has 1 atom stereocenters. The van der Waals surface area contributed by atoms with E-state index >= 15 is 0 Å². The van der Waals surface area contributed by atoms with Crippen LogP contribution in [-0.4, -0.2) is 36.5 Å². The van der Waals surface area contributed by atoms with Gasteiger partial charge in [-0.1, -0.05) is 26.0 Å². The van der Waals surface area contributed by atoms with Crippen LogP contribution in [0.5, 0.6) is 5.75 Å². The molecule has 0 fully saturated rings. The number of ether oxygens (including phenoxy) is 2. The van der Waals surface area contributed by atoms with Crippen LogP contribution in [0.15, 0.2) is 24.3 Å². The molecule has 9 nitrogen and oxygen atoms in total. The topological polar surface area (TPSA) is 137 Å². The van der Waals surface area contributed by atoms with Gasteiger partial charge in [-0.15, -0.1) is 0 Å². The number of carbonyl (C=O) groups is 4. The Labute approximate surface area is 170 Å². The summed E-state index contributed by atoms with van der Waals surface area (Å²) in [7, 11) is 0. The van der Waals surface area contributed by atoms with Crippen molar-refractivity contribution in [3.8, 4) is 5.75 Å². The van der Waals surface area contributed by atoms with Crippen molar-refractivity contribution in [1.29, 1.82) is 0 Å². The van der Waals surface area contributed by atoms with Gasteiger partial charge >= 0.3 is 18.0 Å². The third-order valence-corrected chi connectivity index (χ3v) is 3.77. The minimum atomic E-state index is -0.850. The summed E-state index contributed by atoms with van der Waals surface area (Å²) in [5.74, 6) is -0.783. The number of hydrogen-bond acceptors (Lipinski definition) is 6. The molecule has 1 aromatic carbocycles. The molecule has 0 spiro atoms. The summed E-state index contributed by atoms with van der Waals surface area (Å²) < 4.78 is 10.3. The number of amides is 3. The number of benzene rings is 1. The summed E-state index contributed by atoms with van der Waals surface area (Å²) in [6, 6.07) is 5.01. The number of primary amides is 1. The van der Waals surface area contributed by atoms with Crippen LogP contribution in [0.25, 0.3) is 0 Å². The predicted molar refractivity (Wildman–Crippen MR) is 106 cm³/mol. The fourth-order valence-corrected chi connectivity index (χ4v) is 2.42. The van der Waals surface area contributed by atoms with E-state index in [9.17, 15) is 19.2 Å². The van der Waals surface area contributed by atoms with Gasteiger partial charge in [0.1, 0.15) is 18.4 Å². The zero-order valence-corrected chi connectivity index (χ0v) is 17.0. The highest BCUT2D eigenvalue weighted by Gasteiger charge is 2.23. The van der Waals surface area contributed by atoms with Gasteiger partial charge in [0.25, 0.3) is 0 Å². The number of esters is 2. The van der Waals surface area contributed by atoms with E-state index in [4.69, 9.17) is 15.2 Å². The molecule has 0 saturated heterocycles. The van der Waals surface area contributed by atoms with Crippen molar-refractivity contribution in [2.75, 3.05) is 6.54 Å². The third-order valence-electron chi connectivity index (χ3n) is 3.77. The van der Waals surface area contributed by atoms with Crippen molar-refractivity contribution in [3.05, 3.63) is 29.8 Å². The summed E-state index contributed by atoms with van der Waals surface area (Å²) in [6.07, 6.45) is 1.01. The van der Waals surface area contributed by atoms with Crippen LogP contribution in [0.3, 0.4) is 0 Å². The van der Waals surface area contributed by atoms with Crippen molar-refractivity contribution in [3.63, 3.8) is 0 Å². The largest absolute Gasteiger partial charge is 0.461 e. The molecule has 0 heterocycles. The lowest BCUT2D eigenvalue weighted by atomic mass is 10.1. The number of nitrogens with one attached hydrogen (secondary N) is 2. The Hall–Kier alpha value is -3.10. The van der Waals surface area contributed by atoms with E-state index in [0.29, 0.717) is 12.2 Å². The molecule has 4 N–H and O–H groups in total. The van der Waals surface area contributed by atoms with Crippen LogP contribution >= 0.6 is 0 Å². The second-order valence-corrected chi connectivity index (χ2v) is 7.00. The fraction of sp³-hybridized carbons (Fsp3) is 0.500. The minimum absolute atomic E-state index is 0.129. The second-order valence-electron chi connectivity index (χ2n) is 7.00. The van der Waals surface area contributed by atoms with Gasteiger partial charge in [-0.25, -0.2) is 9.59 Å². The molecular weight excluding hydrogens is 378 g/mol. The van der Waals surface area contributed by atoms with Crippen LogP contribution in [0.2, 0.25) is 0 Å². The lowest BCUT2D eigenvalue weighted by Gasteiger charge is -2.18. The molecule has 1 aromatic rings. The second kappa shape index (κ2) is 12.4. The maximum atomic E-state index is 12.5. The molecule has 3 amide bonds. The number of nitrogens with two attached hydrogens (primary N) is 1. The smallest absolute Gasteiger partial charge is 0.334 e. The maximum Gasteiger partial charge on any atom is 0.334 e. The van der Waals surface area contributed by atoms with Gasteiger partial charge in [-0.05, 0) is 36.5 Å². The van der Waals surface area contributed by atoms with Gasteiger partial charge < -0.3 is 25.8 Å². The highest BCUT2D eigenvalue weighted by molar-refractivity contribution is 5.85. The van der Waals surface area contributed by atoms with Crippen LogP contribution in [0, 0.1) is 5.92 Å². The van der Waals surface area contributed by atoms with E-state index in [1.807, 2.05) is 13.8 Å². The normalized spacial score (nSPS) is 11.4. The van der Waals surface area contributed by atoms with Gasteiger partial charge in [0.05, 0.1) is 0 Å². The summed E-state index contributed by atoms with van der Waals surface area (Å²) in [4.78, 5) is 46.2. The highest BCUT2D eigenvalue weighted by atomic mass is 16.5. The van der Waals surface area contributed by atoms with E-state index in [1.54, 1.807) is 24.3 Å². The fourth-order valence-electron chi connectivity index (χ4n) is 2.42. The highest BCUT2D eigenvalue weighted by Crippen LogP contribution is 2.15. The van der Waals surface area contributed by atoms with E-state index in [0.717, 1.165) is 5.56 Å². The first-order valence-electron chi connectivity index (χ1n) is 9.44. The first-order valence-corrected chi connectivity index (χ1v) is 9.44. The first kappa shape index (κ1) is 23.9. The number of rotatable bonds is 11. The van der Waals surface area contributed by atoms with Crippen molar-refractivity contribution >= 4 is 23.9 Å². The van der Waals surface area contributed by atoms with E-state index in [-0.39, 0.29) is 43.8 Å². The molecule has 9 heteroatoms. The third kappa shape index (κ3) is 10.7. The summed E-state index contributed by atoms with van der Waals surface area (Å²) in [6.45, 7) is 5.54. The predicted octanol–water partition coefficient (Wildman–Crippen LogP) is 1.63. The zero-order valence-electron chi connectivity index (χ0n) is 17.0. The molecule has 160 valence electrons. The molecule has 0 radical (unpaired) electrons. The first-order chi connectivity index (χ1) is 13.7. The quantitative estimate of drug-likeness (QED) is 0.290. The Morgan fingerprint density at radius 1 is 1.10 bits per heavy atom. The maximum absolute atomic E-state index is 12.5. The zero-order chi connectivity index (χ0) is 21.8. The summed E-state index contributed by atoms with van der Waals surface area (Å²) in [5, 5.41) is 5.13. The average Bonchev–Trinajstić information content (AvgIpc) is 2.62. The van der Waals surface area contributed by atoms with Gasteiger partial charge in [0.2, 0.25) is 5.91 Å². The molecule has 0 unspecified atom stereocenters. The van der Waals surface area contributed by atoms with Crippen molar-refractivity contribution in [1.82, 2.24) is 10.6 Å². The van der Waals surface area contributed by atoms with Crippen LogP contribution in [0.4, 0.5) is 4.79 Å². The Balaban J connectivity index is 2.69. The SMILES string of the molecule is CC(=O)OCc1ccc(OC(=O)[C@H](CCCNC(N)=O)NC(=O)CC(C)C)cc1. The Bertz CT molecular complexity index is 703. The molecule has 1 rings (SSSR count). The van der Waals surface area contributed by atoms with Gasteiger partial charge in [0.15, 0.2) is 0 Å². The standard InChI is InChI=1S/C20H29N3O6/c1-13(2)11-18(25)23-17(5-4-10-22-20(21)27)19(26)29-16-8-6-15(7-9-16)12-28-14(3)24/h6-9,13,17H,4-5,10-12H2,1-3H3,(H,23,25)(H3,21,22,27)/t17-/m0/s1. The number of carbonyl (C=O) groups excluding carboxylic acids is 4. The monoisotopic (exact) mass is 407 g/mol. The Morgan fingerprint density at radius 3 is 2.31 bits per heavy atom. The van der Waals surface area contributed by atoms with Crippen LogP contribution < -0.4 is 21.1 Å². The van der Waals surface area contributed by atoms with E-state index in [2.05, 4.69) is 10.6 Å². The van der Waals surface area contributed by atoms with Gasteiger partial charge in [0, 0.05) is 19.9 Å².